The minimum Gasteiger partial charge on any atom is -0.395 e. The molecule has 0 spiro atoms. The van der Waals surface area contributed by atoms with Crippen LogP contribution in [-0.4, -0.2) is 46.9 Å². The van der Waals surface area contributed by atoms with Gasteiger partial charge < -0.3 is 10.0 Å². The molecule has 0 atom stereocenters. The van der Waals surface area contributed by atoms with Crippen LogP contribution in [0, 0.1) is 0 Å². The molecule has 0 amide bonds. The number of anilines is 1. The van der Waals surface area contributed by atoms with Crippen LogP contribution in [0.4, 0.5) is 14.6 Å². The van der Waals surface area contributed by atoms with Gasteiger partial charge in [-0.2, -0.15) is 0 Å². The Morgan fingerprint density at radius 2 is 2.26 bits per heavy atom. The molecule has 19 heavy (non-hydrogen) atoms. The Labute approximate surface area is 108 Å². The van der Waals surface area contributed by atoms with E-state index in [2.05, 4.69) is 4.98 Å². The van der Waals surface area contributed by atoms with Gasteiger partial charge in [0.05, 0.1) is 13.2 Å². The standard InChI is InChI=1S/C12H13F2N3O2/c13-10(14)7-16(5-6-18)12-9(8-19)17-4-2-1-3-11(17)15-12/h1-4,8,10,18H,5-7H2. The molecule has 0 saturated heterocycles. The second kappa shape index (κ2) is 5.75. The maximum atomic E-state index is 12.5. The lowest BCUT2D eigenvalue weighted by Crippen LogP contribution is -2.32. The Kier molecular flexibility index (Phi) is 4.06. The Balaban J connectivity index is 2.48. The van der Waals surface area contributed by atoms with E-state index in [0.29, 0.717) is 11.9 Å². The minimum absolute atomic E-state index is 0.00490. The summed E-state index contributed by atoms with van der Waals surface area (Å²) in [4.78, 5) is 16.5. The van der Waals surface area contributed by atoms with Crippen LogP contribution in [0.3, 0.4) is 0 Å². The normalized spacial score (nSPS) is 11.2. The quantitative estimate of drug-likeness (QED) is 0.801. The maximum Gasteiger partial charge on any atom is 0.255 e. The van der Waals surface area contributed by atoms with Crippen LogP contribution < -0.4 is 4.90 Å². The van der Waals surface area contributed by atoms with Gasteiger partial charge >= 0.3 is 0 Å². The zero-order chi connectivity index (χ0) is 13.8. The van der Waals surface area contributed by atoms with Gasteiger partial charge in [-0.05, 0) is 12.1 Å². The van der Waals surface area contributed by atoms with Crippen molar-refractivity contribution in [1.82, 2.24) is 9.38 Å². The monoisotopic (exact) mass is 269 g/mol. The number of aromatic nitrogens is 2. The highest BCUT2D eigenvalue weighted by Gasteiger charge is 2.20. The van der Waals surface area contributed by atoms with Gasteiger partial charge in [0.2, 0.25) is 0 Å². The van der Waals surface area contributed by atoms with Gasteiger partial charge in [0.1, 0.15) is 11.3 Å². The number of aliphatic hydroxyl groups is 1. The van der Waals surface area contributed by atoms with Crippen molar-refractivity contribution in [2.24, 2.45) is 0 Å². The molecule has 102 valence electrons. The Morgan fingerprint density at radius 3 is 2.89 bits per heavy atom. The molecule has 7 heteroatoms. The molecular formula is C12H13F2N3O2. The maximum absolute atomic E-state index is 12.5. The lowest BCUT2D eigenvalue weighted by Gasteiger charge is -2.21. The predicted octanol–water partition coefficient (Wildman–Crippen LogP) is 1.21. The average Bonchev–Trinajstić information content (AvgIpc) is 2.76. The van der Waals surface area contributed by atoms with Crippen LogP contribution >= 0.6 is 0 Å². The highest BCUT2D eigenvalue weighted by Crippen LogP contribution is 2.20. The molecule has 2 rings (SSSR count). The van der Waals surface area contributed by atoms with Crippen LogP contribution in [0.1, 0.15) is 10.5 Å². The number of aliphatic hydroxyl groups excluding tert-OH is 1. The van der Waals surface area contributed by atoms with Gasteiger partial charge in [-0.3, -0.25) is 9.20 Å². The highest BCUT2D eigenvalue weighted by atomic mass is 19.3. The van der Waals surface area contributed by atoms with E-state index < -0.39 is 13.0 Å². The fourth-order valence-electron chi connectivity index (χ4n) is 1.92. The number of hydrogen-bond donors (Lipinski definition) is 1. The molecule has 0 fully saturated rings. The van der Waals surface area contributed by atoms with E-state index >= 15 is 0 Å². The third-order valence-electron chi connectivity index (χ3n) is 2.69. The molecule has 0 radical (unpaired) electrons. The summed E-state index contributed by atoms with van der Waals surface area (Å²) in [5.74, 6) is 0.163. The first kappa shape index (κ1) is 13.4. The minimum atomic E-state index is -2.57. The summed E-state index contributed by atoms with van der Waals surface area (Å²) in [6.45, 7) is -0.876. The molecule has 2 aromatic heterocycles. The van der Waals surface area contributed by atoms with E-state index in [1.807, 2.05) is 0 Å². The molecule has 0 aromatic carbocycles. The van der Waals surface area contributed by atoms with E-state index in [-0.39, 0.29) is 24.7 Å². The number of imidazole rings is 1. The van der Waals surface area contributed by atoms with E-state index in [0.717, 1.165) is 0 Å². The molecule has 0 aliphatic heterocycles. The van der Waals surface area contributed by atoms with Gasteiger partial charge in [-0.15, -0.1) is 0 Å². The summed E-state index contributed by atoms with van der Waals surface area (Å²) < 4.78 is 26.6. The van der Waals surface area contributed by atoms with E-state index in [4.69, 9.17) is 5.11 Å². The van der Waals surface area contributed by atoms with Crippen molar-refractivity contribution in [3.63, 3.8) is 0 Å². The van der Waals surface area contributed by atoms with Crippen LogP contribution in [0.25, 0.3) is 5.65 Å². The van der Waals surface area contributed by atoms with Crippen molar-refractivity contribution in [2.75, 3.05) is 24.6 Å². The summed E-state index contributed by atoms with van der Waals surface area (Å²) in [6.07, 6.45) is -0.365. The van der Waals surface area contributed by atoms with Crippen molar-refractivity contribution in [3.05, 3.63) is 30.1 Å². The largest absolute Gasteiger partial charge is 0.395 e. The fourth-order valence-corrected chi connectivity index (χ4v) is 1.92. The molecule has 0 aliphatic carbocycles. The van der Waals surface area contributed by atoms with E-state index in [1.54, 1.807) is 24.4 Å². The topological polar surface area (TPSA) is 57.8 Å². The average molecular weight is 269 g/mol. The zero-order valence-corrected chi connectivity index (χ0v) is 10.0. The molecule has 0 saturated carbocycles. The number of aldehydes is 1. The number of alkyl halides is 2. The van der Waals surface area contributed by atoms with Crippen molar-refractivity contribution in [2.45, 2.75) is 6.43 Å². The predicted molar refractivity (Wildman–Crippen MR) is 65.9 cm³/mol. The summed E-state index contributed by atoms with van der Waals surface area (Å²) >= 11 is 0. The summed E-state index contributed by atoms with van der Waals surface area (Å²) in [6, 6.07) is 5.13. The Bertz CT molecular complexity index is 571. The van der Waals surface area contributed by atoms with Gasteiger partial charge in [0, 0.05) is 12.7 Å². The summed E-state index contributed by atoms with van der Waals surface area (Å²) in [5.41, 5.74) is 0.696. The summed E-state index contributed by atoms with van der Waals surface area (Å²) in [7, 11) is 0. The molecule has 2 aromatic rings. The SMILES string of the molecule is O=Cc1c(N(CCO)CC(F)F)nc2ccccn12. The van der Waals surface area contributed by atoms with E-state index in [9.17, 15) is 13.6 Å². The first-order valence-electron chi connectivity index (χ1n) is 5.73. The van der Waals surface area contributed by atoms with Gasteiger partial charge in [-0.1, -0.05) is 6.07 Å². The van der Waals surface area contributed by atoms with Gasteiger partial charge in [-0.25, -0.2) is 13.8 Å². The van der Waals surface area contributed by atoms with Gasteiger partial charge in [0.25, 0.3) is 6.43 Å². The van der Waals surface area contributed by atoms with Crippen molar-refractivity contribution in [1.29, 1.82) is 0 Å². The van der Waals surface area contributed by atoms with Crippen LogP contribution in [0.15, 0.2) is 24.4 Å². The number of rotatable bonds is 6. The fraction of sp³-hybridized carbons (Fsp3) is 0.333. The molecule has 0 aliphatic rings. The Morgan fingerprint density at radius 1 is 1.47 bits per heavy atom. The van der Waals surface area contributed by atoms with Crippen LogP contribution in [-0.2, 0) is 0 Å². The van der Waals surface area contributed by atoms with Crippen LogP contribution in [0.5, 0.6) is 0 Å². The highest BCUT2D eigenvalue weighted by molar-refractivity contribution is 5.83. The van der Waals surface area contributed by atoms with Gasteiger partial charge in [0.15, 0.2) is 12.1 Å². The number of fused-ring (bicyclic) bond motifs is 1. The molecule has 1 N–H and O–H groups in total. The molecule has 2 heterocycles. The Hall–Kier alpha value is -2.02. The van der Waals surface area contributed by atoms with Crippen LogP contribution in [0.2, 0.25) is 0 Å². The van der Waals surface area contributed by atoms with E-state index in [1.165, 1.54) is 9.30 Å². The number of nitrogens with zero attached hydrogens (tertiary/aromatic N) is 3. The van der Waals surface area contributed by atoms with Crippen molar-refractivity contribution in [3.8, 4) is 0 Å². The number of halogens is 2. The first-order chi connectivity index (χ1) is 9.17. The van der Waals surface area contributed by atoms with Crippen molar-refractivity contribution >= 4 is 17.8 Å². The summed E-state index contributed by atoms with van der Waals surface area (Å²) in [5, 5.41) is 8.94. The number of carbonyl (C=O) groups is 1. The number of pyridine rings is 1. The third-order valence-corrected chi connectivity index (χ3v) is 2.69. The first-order valence-corrected chi connectivity index (χ1v) is 5.73. The zero-order valence-electron chi connectivity index (χ0n) is 10.0. The molecular weight excluding hydrogens is 256 g/mol. The second-order valence-corrected chi connectivity index (χ2v) is 3.93. The molecule has 5 nitrogen and oxygen atoms in total. The third kappa shape index (κ3) is 2.70. The number of hydrogen-bond acceptors (Lipinski definition) is 4. The lowest BCUT2D eigenvalue weighted by molar-refractivity contribution is 0.111. The smallest absolute Gasteiger partial charge is 0.255 e. The lowest BCUT2D eigenvalue weighted by atomic mass is 10.4. The van der Waals surface area contributed by atoms with Crippen molar-refractivity contribution < 1.29 is 18.7 Å². The molecule has 0 bridgehead atoms. The molecule has 0 unspecified atom stereocenters. The number of carbonyl (C=O) groups excluding carboxylic acids is 1. The second-order valence-electron chi connectivity index (χ2n) is 3.93.